The van der Waals surface area contributed by atoms with Gasteiger partial charge in [-0.25, -0.2) is 0 Å². The van der Waals surface area contributed by atoms with Gasteiger partial charge in [-0.2, -0.15) is 0 Å². The summed E-state index contributed by atoms with van der Waals surface area (Å²) in [6.07, 6.45) is 1.40. The fourth-order valence-corrected chi connectivity index (χ4v) is 3.28. The van der Waals surface area contributed by atoms with Gasteiger partial charge < -0.3 is 14.8 Å². The SMILES string of the molecule is C[C@@H]1CN([C@@H]2CNC[C@@H](C(=O)OC(C)(C)C)C2)C[C@H](C)O1. The summed E-state index contributed by atoms with van der Waals surface area (Å²) in [5, 5.41) is 3.40. The van der Waals surface area contributed by atoms with Crippen LogP contribution in [-0.2, 0) is 14.3 Å². The van der Waals surface area contributed by atoms with Crippen LogP contribution < -0.4 is 5.32 Å². The first-order chi connectivity index (χ1) is 9.74. The number of ether oxygens (including phenoxy) is 2. The molecule has 0 aromatic heterocycles. The third kappa shape index (κ3) is 4.94. The van der Waals surface area contributed by atoms with E-state index in [0.717, 1.165) is 32.6 Å². The van der Waals surface area contributed by atoms with Gasteiger partial charge in [0.2, 0.25) is 0 Å². The Morgan fingerprint density at radius 3 is 2.38 bits per heavy atom. The molecule has 0 aliphatic carbocycles. The zero-order valence-corrected chi connectivity index (χ0v) is 14.0. The molecule has 0 aromatic carbocycles. The average molecular weight is 298 g/mol. The Labute approximate surface area is 128 Å². The van der Waals surface area contributed by atoms with E-state index in [2.05, 4.69) is 24.1 Å². The molecule has 0 radical (unpaired) electrons. The number of esters is 1. The topological polar surface area (TPSA) is 50.8 Å². The third-order valence-electron chi connectivity index (χ3n) is 4.03. The molecule has 1 N–H and O–H groups in total. The van der Waals surface area contributed by atoms with Crippen LogP contribution in [0.25, 0.3) is 0 Å². The highest BCUT2D eigenvalue weighted by Gasteiger charge is 2.35. The summed E-state index contributed by atoms with van der Waals surface area (Å²) >= 11 is 0. The van der Waals surface area contributed by atoms with E-state index in [1.165, 1.54) is 0 Å². The third-order valence-corrected chi connectivity index (χ3v) is 4.03. The van der Waals surface area contributed by atoms with E-state index in [-0.39, 0.29) is 24.1 Å². The summed E-state index contributed by atoms with van der Waals surface area (Å²) in [7, 11) is 0. The first kappa shape index (κ1) is 16.7. The Bertz CT molecular complexity index is 357. The maximum atomic E-state index is 12.3. The van der Waals surface area contributed by atoms with E-state index >= 15 is 0 Å². The van der Waals surface area contributed by atoms with Gasteiger partial charge in [-0.3, -0.25) is 9.69 Å². The quantitative estimate of drug-likeness (QED) is 0.781. The molecule has 2 heterocycles. The average Bonchev–Trinajstić information content (AvgIpc) is 2.36. The van der Waals surface area contributed by atoms with Crippen molar-refractivity contribution in [3.05, 3.63) is 0 Å². The van der Waals surface area contributed by atoms with E-state index in [9.17, 15) is 4.79 Å². The number of rotatable bonds is 2. The number of nitrogens with zero attached hydrogens (tertiary/aromatic N) is 1. The fraction of sp³-hybridized carbons (Fsp3) is 0.938. The van der Waals surface area contributed by atoms with Crippen LogP contribution in [-0.4, -0.2) is 60.9 Å². The van der Waals surface area contributed by atoms with E-state index in [0.29, 0.717) is 6.04 Å². The Morgan fingerprint density at radius 2 is 1.81 bits per heavy atom. The Balaban J connectivity index is 1.92. The molecule has 0 unspecified atom stereocenters. The van der Waals surface area contributed by atoms with E-state index in [1.807, 2.05) is 20.8 Å². The van der Waals surface area contributed by atoms with Gasteiger partial charge in [0.15, 0.2) is 0 Å². The van der Waals surface area contributed by atoms with Crippen molar-refractivity contribution in [3.63, 3.8) is 0 Å². The van der Waals surface area contributed by atoms with Gasteiger partial charge >= 0.3 is 5.97 Å². The smallest absolute Gasteiger partial charge is 0.310 e. The van der Waals surface area contributed by atoms with Crippen molar-refractivity contribution in [3.8, 4) is 0 Å². The predicted octanol–water partition coefficient (Wildman–Crippen LogP) is 1.42. The van der Waals surface area contributed by atoms with E-state index < -0.39 is 5.60 Å². The van der Waals surface area contributed by atoms with Crippen LogP contribution in [0.5, 0.6) is 0 Å². The maximum absolute atomic E-state index is 12.3. The molecular weight excluding hydrogens is 268 g/mol. The van der Waals surface area contributed by atoms with Gasteiger partial charge in [0.25, 0.3) is 0 Å². The first-order valence-electron chi connectivity index (χ1n) is 8.07. The number of nitrogens with one attached hydrogen (secondary N) is 1. The summed E-state index contributed by atoms with van der Waals surface area (Å²) in [5.41, 5.74) is -0.411. The molecule has 5 heteroatoms. The van der Waals surface area contributed by atoms with Crippen LogP contribution in [0.1, 0.15) is 41.0 Å². The molecule has 4 atom stereocenters. The normalized spacial score (nSPS) is 35.5. The highest BCUT2D eigenvalue weighted by atomic mass is 16.6. The summed E-state index contributed by atoms with van der Waals surface area (Å²) in [5.74, 6) is -0.120. The predicted molar refractivity (Wildman–Crippen MR) is 82.2 cm³/mol. The second-order valence-electron chi connectivity index (χ2n) is 7.49. The highest BCUT2D eigenvalue weighted by molar-refractivity contribution is 5.73. The van der Waals surface area contributed by atoms with Gasteiger partial charge in [0.05, 0.1) is 18.1 Å². The lowest BCUT2D eigenvalue weighted by Crippen LogP contribution is -2.56. The van der Waals surface area contributed by atoms with Crippen LogP contribution in [0.3, 0.4) is 0 Å². The van der Waals surface area contributed by atoms with Gasteiger partial charge in [-0.1, -0.05) is 0 Å². The molecule has 5 nitrogen and oxygen atoms in total. The van der Waals surface area contributed by atoms with E-state index in [4.69, 9.17) is 9.47 Å². The molecule has 0 bridgehead atoms. The van der Waals surface area contributed by atoms with Gasteiger partial charge in [0, 0.05) is 32.2 Å². The summed E-state index contributed by atoms with van der Waals surface area (Å²) in [6, 6.07) is 0.394. The van der Waals surface area contributed by atoms with Crippen LogP contribution in [0, 0.1) is 5.92 Å². The fourth-order valence-electron chi connectivity index (χ4n) is 3.28. The maximum Gasteiger partial charge on any atom is 0.310 e. The lowest BCUT2D eigenvalue weighted by molar-refractivity contribution is -0.161. The number of morpholine rings is 1. The second kappa shape index (κ2) is 6.63. The van der Waals surface area contributed by atoms with Gasteiger partial charge in [-0.15, -0.1) is 0 Å². The molecule has 0 spiro atoms. The van der Waals surface area contributed by atoms with Crippen molar-refractivity contribution >= 4 is 5.97 Å². The Kier molecular flexibility index (Phi) is 5.28. The minimum absolute atomic E-state index is 0.0450. The molecule has 2 fully saturated rings. The number of hydrogen-bond acceptors (Lipinski definition) is 5. The molecule has 21 heavy (non-hydrogen) atoms. The van der Waals surface area contributed by atoms with Crippen LogP contribution in [0.15, 0.2) is 0 Å². The zero-order valence-electron chi connectivity index (χ0n) is 14.0. The lowest BCUT2D eigenvalue weighted by Gasteiger charge is -2.43. The second-order valence-corrected chi connectivity index (χ2v) is 7.49. The minimum atomic E-state index is -0.411. The molecule has 2 aliphatic rings. The summed E-state index contributed by atoms with van der Waals surface area (Å²) < 4.78 is 11.3. The molecular formula is C16H30N2O3. The van der Waals surface area contributed by atoms with Crippen LogP contribution >= 0.6 is 0 Å². The Hall–Kier alpha value is -0.650. The summed E-state index contributed by atoms with van der Waals surface area (Å²) in [6.45, 7) is 13.5. The van der Waals surface area contributed by atoms with Crippen LogP contribution in [0.2, 0.25) is 0 Å². The Morgan fingerprint density at radius 1 is 1.19 bits per heavy atom. The molecule has 2 saturated heterocycles. The van der Waals surface area contributed by atoms with Gasteiger partial charge in [0.1, 0.15) is 5.60 Å². The van der Waals surface area contributed by atoms with Crippen molar-refractivity contribution < 1.29 is 14.3 Å². The standard InChI is InChI=1S/C16H30N2O3/c1-11-9-18(10-12(2)20-11)14-6-13(7-17-8-14)15(19)21-16(3,4)5/h11-14,17H,6-10H2,1-5H3/t11-,12+,13-,14-/m0/s1. The molecule has 2 rings (SSSR count). The number of carbonyl (C=O) groups is 1. The molecule has 0 saturated carbocycles. The van der Waals surface area contributed by atoms with Gasteiger partial charge in [-0.05, 0) is 41.0 Å². The number of piperidine rings is 1. The van der Waals surface area contributed by atoms with Crippen molar-refractivity contribution in [1.29, 1.82) is 0 Å². The zero-order chi connectivity index (χ0) is 15.6. The number of hydrogen-bond donors (Lipinski definition) is 1. The highest BCUT2D eigenvalue weighted by Crippen LogP contribution is 2.23. The molecule has 122 valence electrons. The minimum Gasteiger partial charge on any atom is -0.460 e. The van der Waals surface area contributed by atoms with Crippen LogP contribution in [0.4, 0.5) is 0 Å². The molecule has 2 aliphatic heterocycles. The van der Waals surface area contributed by atoms with E-state index in [1.54, 1.807) is 0 Å². The largest absolute Gasteiger partial charge is 0.460 e. The summed E-state index contributed by atoms with van der Waals surface area (Å²) in [4.78, 5) is 14.7. The van der Waals surface area contributed by atoms with Crippen molar-refractivity contribution in [1.82, 2.24) is 10.2 Å². The monoisotopic (exact) mass is 298 g/mol. The first-order valence-corrected chi connectivity index (χ1v) is 8.07. The van der Waals surface area contributed by atoms with Crippen molar-refractivity contribution in [2.75, 3.05) is 26.2 Å². The number of carbonyl (C=O) groups excluding carboxylic acids is 1. The molecule has 0 amide bonds. The van der Waals surface area contributed by atoms with Crippen molar-refractivity contribution in [2.45, 2.75) is 64.9 Å². The lowest BCUT2D eigenvalue weighted by atomic mass is 9.93. The molecule has 0 aromatic rings. The van der Waals surface area contributed by atoms with Crippen molar-refractivity contribution in [2.24, 2.45) is 5.92 Å².